The van der Waals surface area contributed by atoms with Crippen molar-refractivity contribution in [2.24, 2.45) is 0 Å². The zero-order chi connectivity index (χ0) is 26.8. The summed E-state index contributed by atoms with van der Waals surface area (Å²) in [4.78, 5) is 33.8. The van der Waals surface area contributed by atoms with Crippen molar-refractivity contribution in [3.05, 3.63) is 12.7 Å². The van der Waals surface area contributed by atoms with E-state index >= 15 is 0 Å². The number of alkyl carbamates (subject to hydrolysis) is 2. The molecule has 0 spiro atoms. The molecule has 0 radical (unpaired) electrons. The first kappa shape index (κ1) is 31.7. The fourth-order valence-corrected chi connectivity index (χ4v) is 4.43. The van der Waals surface area contributed by atoms with Crippen molar-refractivity contribution < 1.29 is 29.0 Å². The van der Waals surface area contributed by atoms with E-state index in [9.17, 15) is 14.4 Å². The Morgan fingerprint density at radius 3 is 1.97 bits per heavy atom. The van der Waals surface area contributed by atoms with Crippen LogP contribution in [0.1, 0.15) is 104 Å². The number of amides is 2. The number of carbonyl (C=O) groups excluding carboxylic acids is 2. The maximum absolute atomic E-state index is 11.4. The second-order valence-electron chi connectivity index (χ2n) is 10.7. The Labute approximate surface area is 217 Å². The third-order valence-electron chi connectivity index (χ3n) is 6.19. The van der Waals surface area contributed by atoms with Crippen LogP contribution in [-0.2, 0) is 14.3 Å². The molecule has 0 aromatic rings. The van der Waals surface area contributed by atoms with E-state index in [-0.39, 0.29) is 13.0 Å². The summed E-state index contributed by atoms with van der Waals surface area (Å²) in [5, 5.41) is 17.7. The number of rotatable bonds is 11. The summed E-state index contributed by atoms with van der Waals surface area (Å²) in [7, 11) is 0. The number of hydrogen-bond acceptors (Lipinski definition) is 6. The molecule has 1 atom stereocenters. The second-order valence-corrected chi connectivity index (χ2v) is 10.7. The number of carboxylic acid groups (broad SMARTS) is 1. The highest BCUT2D eigenvalue weighted by molar-refractivity contribution is 5.79. The maximum Gasteiger partial charge on any atom is 0.408 e. The topological polar surface area (TPSA) is 126 Å². The Bertz CT molecular complexity index is 636. The van der Waals surface area contributed by atoms with E-state index in [2.05, 4.69) is 27.3 Å². The molecule has 2 saturated carbocycles. The lowest BCUT2D eigenvalue weighted by Crippen LogP contribution is -2.41. The Balaban J connectivity index is 0.000000414. The Kier molecular flexibility index (Phi) is 15.9. The van der Waals surface area contributed by atoms with E-state index < -0.39 is 29.8 Å². The van der Waals surface area contributed by atoms with Crippen LogP contribution in [0.5, 0.6) is 0 Å². The van der Waals surface area contributed by atoms with Crippen LogP contribution in [0.2, 0.25) is 0 Å². The monoisotopic (exact) mass is 511 g/mol. The minimum absolute atomic E-state index is 0.0119. The van der Waals surface area contributed by atoms with Crippen molar-refractivity contribution in [1.29, 1.82) is 0 Å². The van der Waals surface area contributed by atoms with Crippen LogP contribution in [-0.4, -0.2) is 60.1 Å². The van der Waals surface area contributed by atoms with Crippen LogP contribution in [0.25, 0.3) is 0 Å². The van der Waals surface area contributed by atoms with Crippen LogP contribution >= 0.6 is 0 Å². The first-order valence-electron chi connectivity index (χ1n) is 13.6. The van der Waals surface area contributed by atoms with Crippen molar-refractivity contribution in [2.45, 2.75) is 128 Å². The van der Waals surface area contributed by atoms with Gasteiger partial charge in [0.2, 0.25) is 0 Å². The van der Waals surface area contributed by atoms with Gasteiger partial charge in [-0.25, -0.2) is 14.4 Å². The van der Waals surface area contributed by atoms with Crippen molar-refractivity contribution in [3.63, 3.8) is 0 Å². The van der Waals surface area contributed by atoms with Crippen molar-refractivity contribution in [3.8, 4) is 0 Å². The Morgan fingerprint density at radius 2 is 1.50 bits per heavy atom. The molecule has 9 nitrogen and oxygen atoms in total. The van der Waals surface area contributed by atoms with E-state index in [4.69, 9.17) is 9.84 Å². The van der Waals surface area contributed by atoms with Gasteiger partial charge in [0.05, 0.1) is 0 Å². The molecule has 9 heteroatoms. The smallest absolute Gasteiger partial charge is 0.408 e. The maximum atomic E-state index is 11.4. The molecule has 4 N–H and O–H groups in total. The van der Waals surface area contributed by atoms with Crippen LogP contribution < -0.4 is 16.0 Å². The number of aliphatic carboxylic acids is 1. The summed E-state index contributed by atoms with van der Waals surface area (Å²) in [6.07, 6.45) is 15.9. The molecule has 0 unspecified atom stereocenters. The van der Waals surface area contributed by atoms with E-state index in [1.165, 1.54) is 70.3 Å². The van der Waals surface area contributed by atoms with Gasteiger partial charge in [-0.05, 0) is 65.7 Å². The van der Waals surface area contributed by atoms with Crippen LogP contribution in [0, 0.1) is 0 Å². The quantitative estimate of drug-likeness (QED) is 0.219. The van der Waals surface area contributed by atoms with Gasteiger partial charge in [-0.15, -0.1) is 0 Å². The molecule has 2 amide bonds. The fraction of sp³-hybridized carbons (Fsp3) is 0.815. The van der Waals surface area contributed by atoms with Gasteiger partial charge in [-0.1, -0.05) is 51.2 Å². The minimum atomic E-state index is -1.14. The average Bonchev–Trinajstić information content (AvgIpc) is 2.82. The number of carbonyl (C=O) groups is 3. The molecule has 0 bridgehead atoms. The van der Waals surface area contributed by atoms with Gasteiger partial charge in [-0.3, -0.25) is 0 Å². The normalized spacial score (nSPS) is 17.6. The summed E-state index contributed by atoms with van der Waals surface area (Å²) in [5.74, 6) is -1.14. The fourth-order valence-electron chi connectivity index (χ4n) is 4.43. The molecule has 0 aromatic heterocycles. The molecule has 0 heterocycles. The lowest BCUT2D eigenvalue weighted by molar-refractivity contribution is -0.139. The summed E-state index contributed by atoms with van der Waals surface area (Å²) >= 11 is 0. The zero-order valence-corrected chi connectivity index (χ0v) is 22.6. The molecule has 2 rings (SSSR count). The molecule has 2 fully saturated rings. The van der Waals surface area contributed by atoms with Gasteiger partial charge < -0.3 is 30.5 Å². The third kappa shape index (κ3) is 16.4. The highest BCUT2D eigenvalue weighted by Crippen LogP contribution is 2.22. The largest absolute Gasteiger partial charge is 0.480 e. The van der Waals surface area contributed by atoms with Crippen molar-refractivity contribution in [1.82, 2.24) is 16.0 Å². The number of ether oxygens (including phenoxy) is 2. The van der Waals surface area contributed by atoms with E-state index in [1.807, 2.05) is 0 Å². The van der Waals surface area contributed by atoms with Crippen molar-refractivity contribution in [2.75, 3.05) is 13.2 Å². The molecule has 2 aliphatic carbocycles. The average molecular weight is 512 g/mol. The van der Waals surface area contributed by atoms with E-state index in [1.54, 1.807) is 20.8 Å². The molecule has 2 aliphatic rings. The Morgan fingerprint density at radius 1 is 0.944 bits per heavy atom. The molecule has 0 aromatic carbocycles. The third-order valence-corrected chi connectivity index (χ3v) is 6.19. The lowest BCUT2D eigenvalue weighted by atomic mass is 9.91. The predicted molar refractivity (Wildman–Crippen MR) is 141 cm³/mol. The second kappa shape index (κ2) is 18.0. The lowest BCUT2D eigenvalue weighted by Gasteiger charge is -2.30. The van der Waals surface area contributed by atoms with Crippen molar-refractivity contribution >= 4 is 18.2 Å². The molecule has 36 heavy (non-hydrogen) atoms. The Hall–Kier alpha value is -2.29. The number of unbranched alkanes of at least 4 members (excludes halogenated alkanes) is 1. The summed E-state index contributed by atoms with van der Waals surface area (Å²) in [6, 6.07) is 0.711. The van der Waals surface area contributed by atoms with Crippen LogP contribution in [0.4, 0.5) is 9.59 Å². The highest BCUT2D eigenvalue weighted by Gasteiger charge is 2.21. The first-order valence-corrected chi connectivity index (χ1v) is 13.6. The predicted octanol–water partition coefficient (Wildman–Crippen LogP) is 5.29. The summed E-state index contributed by atoms with van der Waals surface area (Å²) in [5.41, 5.74) is -0.561. The summed E-state index contributed by atoms with van der Waals surface area (Å²) < 4.78 is 9.74. The molecule has 0 saturated heterocycles. The van der Waals surface area contributed by atoms with Gasteiger partial charge >= 0.3 is 18.2 Å². The van der Waals surface area contributed by atoms with Crippen LogP contribution in [0.15, 0.2) is 12.7 Å². The zero-order valence-electron chi connectivity index (χ0n) is 22.6. The van der Waals surface area contributed by atoms with Gasteiger partial charge in [0.1, 0.15) is 18.2 Å². The number of hydrogen-bond donors (Lipinski definition) is 4. The van der Waals surface area contributed by atoms with Gasteiger partial charge in [0.15, 0.2) is 0 Å². The molecule has 0 aliphatic heterocycles. The SMILES string of the molecule is C1CCC(NC2CCCCC2)CC1.C=CCOC(=O)N[C@@H](CCCCNC(=O)OC(C)(C)C)C(=O)O. The molecular formula is C27H49N3O6. The highest BCUT2D eigenvalue weighted by atomic mass is 16.6. The van der Waals surface area contributed by atoms with Gasteiger partial charge in [-0.2, -0.15) is 0 Å². The standard InChI is InChI=1S/C15H26N2O6.C12H23N/c1-5-10-22-14(21)17-11(12(18)19)8-6-7-9-16-13(20)23-15(2,3)4;1-3-7-11(8-4-1)13-12-9-5-2-6-10-12/h5,11H,1,6-10H2,2-4H3,(H,16,20)(H,17,21)(H,18,19);11-13H,1-10H2/t11-;/m0./s1. The van der Waals surface area contributed by atoms with E-state index in [0.717, 1.165) is 12.1 Å². The summed E-state index contributed by atoms with van der Waals surface area (Å²) in [6.45, 7) is 9.06. The number of nitrogens with one attached hydrogen (secondary N) is 3. The van der Waals surface area contributed by atoms with E-state index in [0.29, 0.717) is 19.4 Å². The minimum Gasteiger partial charge on any atom is -0.480 e. The molecule has 208 valence electrons. The van der Waals surface area contributed by atoms with Crippen LogP contribution in [0.3, 0.4) is 0 Å². The number of carboxylic acids is 1. The molecular weight excluding hydrogens is 462 g/mol. The van der Waals surface area contributed by atoms with Gasteiger partial charge in [0.25, 0.3) is 0 Å². The first-order chi connectivity index (χ1) is 17.1. The van der Waals surface area contributed by atoms with Gasteiger partial charge in [0, 0.05) is 18.6 Å².